The normalized spacial score (nSPS) is 18.6. The molecule has 0 saturated heterocycles. The molecule has 124 valence electrons. The van der Waals surface area contributed by atoms with Gasteiger partial charge in [-0.1, -0.05) is 25.1 Å². The van der Waals surface area contributed by atoms with Crippen LogP contribution in [0.15, 0.2) is 24.3 Å². The molecule has 0 aliphatic carbocycles. The van der Waals surface area contributed by atoms with Gasteiger partial charge in [-0.25, -0.2) is 9.67 Å². The van der Waals surface area contributed by atoms with Crippen LogP contribution in [0, 0.1) is 0 Å². The molecule has 2 aromatic rings. The number of aromatic nitrogens is 3. The van der Waals surface area contributed by atoms with E-state index in [1.807, 2.05) is 22.9 Å². The molecule has 1 aromatic carbocycles. The number of phenols is 1. The van der Waals surface area contributed by atoms with E-state index < -0.39 is 0 Å². The zero-order valence-corrected chi connectivity index (χ0v) is 13.7. The van der Waals surface area contributed by atoms with Crippen molar-refractivity contribution in [3.05, 3.63) is 41.5 Å². The lowest BCUT2D eigenvalue weighted by molar-refractivity contribution is 0.177. The number of aromatic hydroxyl groups is 1. The first-order valence-electron chi connectivity index (χ1n) is 8.16. The molecule has 0 saturated carbocycles. The highest BCUT2D eigenvalue weighted by Crippen LogP contribution is 2.27. The van der Waals surface area contributed by atoms with E-state index in [4.69, 9.17) is 4.74 Å². The van der Waals surface area contributed by atoms with E-state index in [0.29, 0.717) is 18.4 Å². The molecule has 1 aromatic heterocycles. The first-order chi connectivity index (χ1) is 11.2. The van der Waals surface area contributed by atoms with Gasteiger partial charge in [-0.15, -0.1) is 0 Å². The second-order valence-electron chi connectivity index (χ2n) is 5.98. The van der Waals surface area contributed by atoms with Crippen molar-refractivity contribution in [3.63, 3.8) is 0 Å². The first kappa shape index (κ1) is 16.0. The van der Waals surface area contributed by atoms with Gasteiger partial charge in [-0.05, 0) is 18.9 Å². The second kappa shape index (κ2) is 7.10. The lowest BCUT2D eigenvalue weighted by Gasteiger charge is -2.28. The Balaban J connectivity index is 1.69. The minimum atomic E-state index is 0.143. The van der Waals surface area contributed by atoms with Crippen LogP contribution in [-0.4, -0.2) is 33.0 Å². The average Bonchev–Trinajstić information content (AvgIpc) is 2.95. The maximum absolute atomic E-state index is 10.1. The molecule has 0 spiro atoms. The first-order valence-corrected chi connectivity index (χ1v) is 8.16. The van der Waals surface area contributed by atoms with Gasteiger partial charge in [0, 0.05) is 31.2 Å². The highest BCUT2D eigenvalue weighted by atomic mass is 16.5. The largest absolute Gasteiger partial charge is 0.508 e. The standard InChI is InChI=1S/C17H24N4O2/c1-3-14(13-6-4-5-7-15(13)22)18-12-8-9-17-19-16(11-23-2)20-21(17)10-12/h4-7,12,14,18,22H,3,8-11H2,1-2H3/t12-,14-/m1/s1. The third-order valence-corrected chi connectivity index (χ3v) is 4.33. The van der Waals surface area contributed by atoms with Gasteiger partial charge in [-0.2, -0.15) is 5.10 Å². The summed E-state index contributed by atoms with van der Waals surface area (Å²) in [4.78, 5) is 4.51. The summed E-state index contributed by atoms with van der Waals surface area (Å²) >= 11 is 0. The Hall–Kier alpha value is -1.92. The quantitative estimate of drug-likeness (QED) is 0.855. The van der Waals surface area contributed by atoms with Gasteiger partial charge in [0.2, 0.25) is 0 Å². The van der Waals surface area contributed by atoms with Gasteiger partial charge in [0.1, 0.15) is 18.2 Å². The molecule has 2 atom stereocenters. The van der Waals surface area contributed by atoms with Crippen molar-refractivity contribution in [3.8, 4) is 5.75 Å². The second-order valence-corrected chi connectivity index (χ2v) is 5.98. The molecule has 0 unspecified atom stereocenters. The molecule has 0 fully saturated rings. The summed E-state index contributed by atoms with van der Waals surface area (Å²) in [5, 5.41) is 18.3. The molecule has 3 rings (SSSR count). The number of para-hydroxylation sites is 1. The summed E-state index contributed by atoms with van der Waals surface area (Å²) in [7, 11) is 1.66. The highest BCUT2D eigenvalue weighted by molar-refractivity contribution is 5.34. The predicted molar refractivity (Wildman–Crippen MR) is 87.1 cm³/mol. The van der Waals surface area contributed by atoms with Crippen molar-refractivity contribution < 1.29 is 9.84 Å². The summed E-state index contributed by atoms with van der Waals surface area (Å²) in [6.07, 6.45) is 2.86. The van der Waals surface area contributed by atoms with Crippen LogP contribution in [0.5, 0.6) is 5.75 Å². The fourth-order valence-electron chi connectivity index (χ4n) is 3.18. The number of fused-ring (bicyclic) bond motifs is 1. The Morgan fingerprint density at radius 2 is 2.26 bits per heavy atom. The number of nitrogens with one attached hydrogen (secondary N) is 1. The van der Waals surface area contributed by atoms with Crippen LogP contribution in [0.1, 0.15) is 43.0 Å². The number of rotatable bonds is 6. The van der Waals surface area contributed by atoms with Crippen LogP contribution < -0.4 is 5.32 Å². The molecular formula is C17H24N4O2. The molecule has 6 heteroatoms. The lowest BCUT2D eigenvalue weighted by Crippen LogP contribution is -2.39. The highest BCUT2D eigenvalue weighted by Gasteiger charge is 2.24. The van der Waals surface area contributed by atoms with Gasteiger partial charge in [0.05, 0.1) is 6.54 Å². The Morgan fingerprint density at radius 3 is 3.00 bits per heavy atom. The Labute approximate surface area is 136 Å². The van der Waals surface area contributed by atoms with Gasteiger partial charge >= 0.3 is 0 Å². The van der Waals surface area contributed by atoms with Crippen molar-refractivity contribution >= 4 is 0 Å². The van der Waals surface area contributed by atoms with E-state index in [9.17, 15) is 5.11 Å². The summed E-state index contributed by atoms with van der Waals surface area (Å²) in [6, 6.07) is 8.01. The smallest absolute Gasteiger partial charge is 0.176 e. The van der Waals surface area contributed by atoms with Crippen LogP contribution in [0.25, 0.3) is 0 Å². The molecule has 1 aliphatic rings. The van der Waals surface area contributed by atoms with Gasteiger partial charge in [-0.3, -0.25) is 0 Å². The number of hydrogen-bond acceptors (Lipinski definition) is 5. The van der Waals surface area contributed by atoms with Crippen molar-refractivity contribution in [1.29, 1.82) is 0 Å². The molecule has 1 aliphatic heterocycles. The molecule has 23 heavy (non-hydrogen) atoms. The monoisotopic (exact) mass is 316 g/mol. The van der Waals surface area contributed by atoms with Crippen molar-refractivity contribution in [2.24, 2.45) is 0 Å². The van der Waals surface area contributed by atoms with E-state index in [1.165, 1.54) is 0 Å². The maximum atomic E-state index is 10.1. The van der Waals surface area contributed by atoms with E-state index >= 15 is 0 Å². The SMILES string of the molecule is CC[C@@H](N[C@@H]1CCc2nc(COC)nn2C1)c1ccccc1O. The van der Waals surface area contributed by atoms with Crippen LogP contribution in [0.2, 0.25) is 0 Å². The minimum Gasteiger partial charge on any atom is -0.508 e. The zero-order chi connectivity index (χ0) is 16.2. The average molecular weight is 316 g/mol. The Kier molecular flexibility index (Phi) is 4.93. The van der Waals surface area contributed by atoms with E-state index in [-0.39, 0.29) is 6.04 Å². The topological polar surface area (TPSA) is 72.2 Å². The predicted octanol–water partition coefficient (Wildman–Crippen LogP) is 2.19. The van der Waals surface area contributed by atoms with Gasteiger partial charge in [0.15, 0.2) is 5.82 Å². The molecule has 2 N–H and O–H groups in total. The zero-order valence-electron chi connectivity index (χ0n) is 13.7. The third kappa shape index (κ3) is 3.54. The van der Waals surface area contributed by atoms with Gasteiger partial charge < -0.3 is 15.2 Å². The van der Waals surface area contributed by atoms with Crippen LogP contribution in [0.3, 0.4) is 0 Å². The number of aryl methyl sites for hydroxylation is 1. The lowest BCUT2D eigenvalue weighted by atomic mass is 10.00. The van der Waals surface area contributed by atoms with E-state index in [2.05, 4.69) is 22.3 Å². The summed E-state index contributed by atoms with van der Waals surface area (Å²) in [6.45, 7) is 3.38. The molecule has 0 amide bonds. The number of phenolic OH excluding ortho intramolecular Hbond substituents is 1. The Bertz CT molecular complexity index is 656. The molecule has 2 heterocycles. The molecular weight excluding hydrogens is 292 g/mol. The van der Waals surface area contributed by atoms with E-state index in [0.717, 1.165) is 43.0 Å². The summed E-state index contributed by atoms with van der Waals surface area (Å²) in [5.41, 5.74) is 0.958. The number of methoxy groups -OCH3 is 1. The minimum absolute atomic E-state index is 0.143. The van der Waals surface area contributed by atoms with Crippen molar-refractivity contribution in [1.82, 2.24) is 20.1 Å². The summed E-state index contributed by atoms with van der Waals surface area (Å²) < 4.78 is 7.08. The Morgan fingerprint density at radius 1 is 1.43 bits per heavy atom. The number of hydrogen-bond donors (Lipinski definition) is 2. The fourth-order valence-corrected chi connectivity index (χ4v) is 3.18. The number of nitrogens with zero attached hydrogens (tertiary/aromatic N) is 3. The van der Waals surface area contributed by atoms with Crippen LogP contribution in [-0.2, 0) is 24.3 Å². The van der Waals surface area contributed by atoms with Crippen LogP contribution in [0.4, 0.5) is 0 Å². The molecule has 6 nitrogen and oxygen atoms in total. The molecule has 0 radical (unpaired) electrons. The number of benzene rings is 1. The third-order valence-electron chi connectivity index (χ3n) is 4.33. The fraction of sp³-hybridized carbons (Fsp3) is 0.529. The summed E-state index contributed by atoms with van der Waals surface area (Å²) in [5.74, 6) is 2.13. The van der Waals surface area contributed by atoms with E-state index in [1.54, 1.807) is 13.2 Å². The maximum Gasteiger partial charge on any atom is 0.176 e. The number of ether oxygens (including phenoxy) is 1. The molecule has 0 bridgehead atoms. The van der Waals surface area contributed by atoms with Crippen molar-refractivity contribution in [2.75, 3.05) is 7.11 Å². The van der Waals surface area contributed by atoms with Crippen LogP contribution >= 0.6 is 0 Å². The van der Waals surface area contributed by atoms with Crippen molar-refractivity contribution in [2.45, 2.75) is 51.4 Å². The van der Waals surface area contributed by atoms with Gasteiger partial charge in [0.25, 0.3) is 0 Å².